The molecule has 0 heterocycles. The maximum Gasteiger partial charge on any atom is 0.343 e. The van der Waals surface area contributed by atoms with E-state index < -0.39 is 23.6 Å². The van der Waals surface area contributed by atoms with E-state index in [0.717, 1.165) is 0 Å². The highest BCUT2D eigenvalue weighted by Gasteiger charge is 2.14. The number of carbonyl (C=O) groups is 3. The van der Waals surface area contributed by atoms with E-state index in [1.54, 1.807) is 25.1 Å². The highest BCUT2D eigenvalue weighted by molar-refractivity contribution is 9.10. The fourth-order valence-corrected chi connectivity index (χ4v) is 3.09. The van der Waals surface area contributed by atoms with Gasteiger partial charge in [-0.3, -0.25) is 9.59 Å². The van der Waals surface area contributed by atoms with Crippen molar-refractivity contribution in [3.8, 4) is 11.5 Å². The maximum absolute atomic E-state index is 13.6. The molecular formula is C22H23BrFN3O6. The number of methoxy groups -OCH3 is 1. The maximum atomic E-state index is 13.6. The smallest absolute Gasteiger partial charge is 0.343 e. The zero-order valence-electron chi connectivity index (χ0n) is 18.0. The predicted molar refractivity (Wildman–Crippen MR) is 122 cm³/mol. The van der Waals surface area contributed by atoms with Gasteiger partial charge in [0.15, 0.2) is 18.1 Å². The minimum Gasteiger partial charge on any atom is -0.490 e. The van der Waals surface area contributed by atoms with Gasteiger partial charge in [0.25, 0.3) is 5.91 Å². The number of carbonyl (C=O) groups excluding carboxylic acids is 3. The van der Waals surface area contributed by atoms with Crippen molar-refractivity contribution in [3.63, 3.8) is 0 Å². The van der Waals surface area contributed by atoms with E-state index in [-0.39, 0.29) is 25.1 Å². The molecule has 176 valence electrons. The molecule has 11 heteroatoms. The molecule has 0 fully saturated rings. The number of ether oxygens (including phenoxy) is 3. The van der Waals surface area contributed by atoms with Crippen molar-refractivity contribution in [2.24, 2.45) is 5.10 Å². The van der Waals surface area contributed by atoms with Crippen LogP contribution in [0.15, 0.2) is 46.0 Å². The highest BCUT2D eigenvalue weighted by atomic mass is 79.9. The highest BCUT2D eigenvalue weighted by Crippen LogP contribution is 2.36. The second kappa shape index (κ2) is 13.2. The van der Waals surface area contributed by atoms with Crippen molar-refractivity contribution in [1.82, 2.24) is 10.7 Å². The second-order valence-electron chi connectivity index (χ2n) is 6.41. The number of benzene rings is 2. The van der Waals surface area contributed by atoms with Crippen molar-refractivity contribution in [1.29, 1.82) is 0 Å². The Kier molecular flexibility index (Phi) is 10.3. The minimum atomic E-state index is -0.636. The third-order valence-corrected chi connectivity index (χ3v) is 4.64. The Balaban J connectivity index is 1.90. The first-order chi connectivity index (χ1) is 15.8. The van der Waals surface area contributed by atoms with E-state index in [4.69, 9.17) is 9.47 Å². The van der Waals surface area contributed by atoms with Gasteiger partial charge >= 0.3 is 5.97 Å². The lowest BCUT2D eigenvalue weighted by Gasteiger charge is -2.13. The molecule has 2 aromatic carbocycles. The predicted octanol–water partition coefficient (Wildman–Crippen LogP) is 2.81. The quantitative estimate of drug-likeness (QED) is 0.266. The molecule has 0 aromatic heterocycles. The molecular weight excluding hydrogens is 501 g/mol. The van der Waals surface area contributed by atoms with Crippen LogP contribution in [-0.2, 0) is 14.3 Å². The molecule has 0 spiro atoms. The van der Waals surface area contributed by atoms with Crippen molar-refractivity contribution < 1.29 is 33.0 Å². The first kappa shape index (κ1) is 25.8. The Labute approximate surface area is 198 Å². The minimum absolute atomic E-state index is 0.0147. The summed E-state index contributed by atoms with van der Waals surface area (Å²) in [7, 11) is 1.26. The second-order valence-corrected chi connectivity index (χ2v) is 7.26. The normalized spacial score (nSPS) is 10.5. The molecule has 0 bridgehead atoms. The van der Waals surface area contributed by atoms with Gasteiger partial charge in [-0.1, -0.05) is 12.1 Å². The van der Waals surface area contributed by atoms with Gasteiger partial charge in [-0.25, -0.2) is 14.6 Å². The van der Waals surface area contributed by atoms with Crippen LogP contribution in [0.3, 0.4) is 0 Å². The first-order valence-electron chi connectivity index (χ1n) is 9.86. The van der Waals surface area contributed by atoms with E-state index in [0.29, 0.717) is 28.1 Å². The zero-order chi connectivity index (χ0) is 24.2. The van der Waals surface area contributed by atoms with Crippen molar-refractivity contribution in [2.45, 2.75) is 13.3 Å². The number of amides is 2. The molecule has 9 nitrogen and oxygen atoms in total. The molecule has 0 aliphatic rings. The number of hydrogen-bond donors (Lipinski definition) is 2. The lowest BCUT2D eigenvalue weighted by Crippen LogP contribution is -2.29. The summed E-state index contributed by atoms with van der Waals surface area (Å²) in [5.41, 5.74) is 2.84. The number of rotatable bonds is 11. The Morgan fingerprint density at radius 3 is 2.64 bits per heavy atom. The van der Waals surface area contributed by atoms with Crippen LogP contribution in [0, 0.1) is 5.82 Å². The Morgan fingerprint density at radius 2 is 1.94 bits per heavy atom. The lowest BCUT2D eigenvalue weighted by molar-refractivity contribution is -0.143. The SMILES string of the molecule is CCOc1cc(C=NNC(=O)CCNC(=O)c2ccccc2F)cc(Br)c1OCC(=O)OC. The number of hydrazone groups is 1. The molecule has 0 saturated carbocycles. The fourth-order valence-electron chi connectivity index (χ4n) is 2.52. The lowest BCUT2D eigenvalue weighted by atomic mass is 10.2. The van der Waals surface area contributed by atoms with Gasteiger partial charge in [-0.2, -0.15) is 5.10 Å². The van der Waals surface area contributed by atoms with Gasteiger partial charge in [0.05, 0.1) is 30.0 Å². The Hall–Kier alpha value is -3.47. The zero-order valence-corrected chi connectivity index (χ0v) is 19.6. The molecule has 2 rings (SSSR count). The van der Waals surface area contributed by atoms with Gasteiger partial charge in [-0.05, 0) is 52.7 Å². The first-order valence-corrected chi connectivity index (χ1v) is 10.7. The van der Waals surface area contributed by atoms with E-state index >= 15 is 0 Å². The van der Waals surface area contributed by atoms with Crippen molar-refractivity contribution >= 4 is 39.9 Å². The number of esters is 1. The van der Waals surface area contributed by atoms with Gasteiger partial charge in [0.1, 0.15) is 5.82 Å². The summed E-state index contributed by atoms with van der Waals surface area (Å²) >= 11 is 3.36. The molecule has 0 unspecified atom stereocenters. The van der Waals surface area contributed by atoms with E-state index in [9.17, 15) is 18.8 Å². The summed E-state index contributed by atoms with van der Waals surface area (Å²) in [6, 6.07) is 8.87. The third kappa shape index (κ3) is 8.19. The fraction of sp³-hybridized carbons (Fsp3) is 0.273. The number of nitrogens with one attached hydrogen (secondary N) is 2. The van der Waals surface area contributed by atoms with Gasteiger partial charge in [0.2, 0.25) is 5.91 Å². The standard InChI is InChI=1S/C22H23BrFN3O6/c1-3-32-18-11-14(10-16(23)21(18)33-13-20(29)31-2)12-26-27-19(28)8-9-25-22(30)15-6-4-5-7-17(15)24/h4-7,10-12H,3,8-9,13H2,1-2H3,(H,25,30)(H,27,28). The van der Waals surface area contributed by atoms with Crippen LogP contribution >= 0.6 is 15.9 Å². The third-order valence-electron chi connectivity index (χ3n) is 4.05. The largest absolute Gasteiger partial charge is 0.490 e. The summed E-state index contributed by atoms with van der Waals surface area (Å²) in [6.45, 7) is 1.88. The van der Waals surface area contributed by atoms with Crippen molar-refractivity contribution in [2.75, 3.05) is 26.9 Å². The summed E-state index contributed by atoms with van der Waals surface area (Å²) in [6.07, 6.45) is 1.35. The average Bonchev–Trinajstić information content (AvgIpc) is 2.78. The molecule has 33 heavy (non-hydrogen) atoms. The summed E-state index contributed by atoms with van der Waals surface area (Å²) < 4.78 is 29.7. The van der Waals surface area contributed by atoms with Crippen LogP contribution in [-0.4, -0.2) is 50.9 Å². The van der Waals surface area contributed by atoms with Crippen LogP contribution in [0.5, 0.6) is 11.5 Å². The number of hydrogen-bond acceptors (Lipinski definition) is 7. The Bertz CT molecular complexity index is 1030. The topological polar surface area (TPSA) is 115 Å². The van der Waals surface area contributed by atoms with Crippen LogP contribution < -0.4 is 20.2 Å². The molecule has 0 saturated heterocycles. The molecule has 0 aliphatic carbocycles. The Morgan fingerprint density at radius 1 is 1.18 bits per heavy atom. The van der Waals surface area contributed by atoms with E-state index in [1.807, 2.05) is 0 Å². The number of nitrogens with zero attached hydrogens (tertiary/aromatic N) is 1. The van der Waals surface area contributed by atoms with E-state index in [2.05, 4.69) is 36.5 Å². The molecule has 0 radical (unpaired) electrons. The monoisotopic (exact) mass is 523 g/mol. The van der Waals surface area contributed by atoms with Crippen molar-refractivity contribution in [3.05, 3.63) is 57.8 Å². The van der Waals surface area contributed by atoms with Crippen LogP contribution in [0.1, 0.15) is 29.3 Å². The molecule has 2 amide bonds. The van der Waals surface area contributed by atoms with Gasteiger partial charge in [-0.15, -0.1) is 0 Å². The molecule has 0 atom stereocenters. The van der Waals surface area contributed by atoms with Crippen LogP contribution in [0.25, 0.3) is 0 Å². The summed E-state index contributed by atoms with van der Waals surface area (Å²) in [5.74, 6) is -1.52. The molecule has 0 aliphatic heterocycles. The summed E-state index contributed by atoms with van der Waals surface area (Å²) in [4.78, 5) is 35.2. The number of halogens is 2. The van der Waals surface area contributed by atoms with Crippen LogP contribution in [0.4, 0.5) is 4.39 Å². The molecule has 2 aromatic rings. The van der Waals surface area contributed by atoms with Gasteiger partial charge in [0, 0.05) is 13.0 Å². The summed E-state index contributed by atoms with van der Waals surface area (Å²) in [5, 5.41) is 6.36. The van der Waals surface area contributed by atoms with E-state index in [1.165, 1.54) is 31.5 Å². The molecule has 2 N–H and O–H groups in total. The van der Waals surface area contributed by atoms with Gasteiger partial charge < -0.3 is 19.5 Å². The van der Waals surface area contributed by atoms with Crippen LogP contribution in [0.2, 0.25) is 0 Å². The average molecular weight is 524 g/mol.